The monoisotopic (exact) mass is 254 g/mol. The van der Waals surface area contributed by atoms with Gasteiger partial charge in [-0.05, 0) is 36.6 Å². The molecule has 1 aliphatic rings. The van der Waals surface area contributed by atoms with Crippen molar-refractivity contribution in [3.8, 4) is 0 Å². The van der Waals surface area contributed by atoms with Crippen LogP contribution in [0.4, 0.5) is 0 Å². The summed E-state index contributed by atoms with van der Waals surface area (Å²) in [6, 6.07) is 0.595. The Balaban J connectivity index is 2.43. The summed E-state index contributed by atoms with van der Waals surface area (Å²) in [5.41, 5.74) is 0.427. The number of hydrogen-bond donors (Lipinski definition) is 1. The fourth-order valence-electron chi connectivity index (χ4n) is 2.83. The molecule has 0 bridgehead atoms. The molecule has 0 saturated carbocycles. The van der Waals surface area contributed by atoms with E-state index in [2.05, 4.69) is 51.8 Å². The van der Waals surface area contributed by atoms with Crippen LogP contribution >= 0.6 is 0 Å². The predicted molar refractivity (Wildman–Crippen MR) is 80.9 cm³/mol. The Bertz CT molecular complexity index is 237. The molecule has 1 N–H and O–H groups in total. The molecule has 18 heavy (non-hydrogen) atoms. The predicted octanol–water partition coefficient (Wildman–Crippen LogP) is 3.38. The lowest BCUT2D eigenvalue weighted by atomic mass is 9.86. The molecule has 0 spiro atoms. The highest BCUT2D eigenvalue weighted by Crippen LogP contribution is 2.28. The van der Waals surface area contributed by atoms with Gasteiger partial charge in [0.15, 0.2) is 0 Å². The topological polar surface area (TPSA) is 15.3 Å². The summed E-state index contributed by atoms with van der Waals surface area (Å²) >= 11 is 0. The van der Waals surface area contributed by atoms with Crippen LogP contribution in [0.1, 0.15) is 54.4 Å². The zero-order valence-electron chi connectivity index (χ0n) is 13.4. The normalized spacial score (nSPS) is 25.0. The first-order valence-corrected chi connectivity index (χ1v) is 7.82. The molecule has 0 aromatic carbocycles. The van der Waals surface area contributed by atoms with E-state index in [9.17, 15) is 0 Å². The number of rotatable bonds is 7. The lowest BCUT2D eigenvalue weighted by Crippen LogP contribution is -2.43. The first-order valence-electron chi connectivity index (χ1n) is 7.82. The molecule has 1 saturated heterocycles. The third kappa shape index (κ3) is 4.89. The van der Waals surface area contributed by atoms with Crippen LogP contribution in [-0.2, 0) is 0 Å². The van der Waals surface area contributed by atoms with Gasteiger partial charge in [-0.3, -0.25) is 0 Å². The van der Waals surface area contributed by atoms with E-state index in [1.54, 1.807) is 0 Å². The summed E-state index contributed by atoms with van der Waals surface area (Å²) in [5, 5.41) is 3.62. The SMILES string of the molecule is CCC(C)(CNC(C)C)CN1CCC(C(C)C)C1. The van der Waals surface area contributed by atoms with Crippen LogP contribution in [0, 0.1) is 17.3 Å². The molecule has 1 fully saturated rings. The van der Waals surface area contributed by atoms with E-state index in [0.717, 1.165) is 18.4 Å². The molecule has 1 rings (SSSR count). The minimum Gasteiger partial charge on any atom is -0.314 e. The largest absolute Gasteiger partial charge is 0.314 e. The molecular weight excluding hydrogens is 220 g/mol. The van der Waals surface area contributed by atoms with Crippen LogP contribution in [0.15, 0.2) is 0 Å². The third-order valence-corrected chi connectivity index (χ3v) is 4.65. The van der Waals surface area contributed by atoms with Crippen LogP contribution in [-0.4, -0.2) is 37.1 Å². The Kier molecular flexibility index (Phi) is 6.13. The highest BCUT2D eigenvalue weighted by molar-refractivity contribution is 4.85. The van der Waals surface area contributed by atoms with Crippen molar-refractivity contribution in [1.29, 1.82) is 0 Å². The summed E-state index contributed by atoms with van der Waals surface area (Å²) in [7, 11) is 0. The minimum absolute atomic E-state index is 0.427. The number of nitrogens with zero attached hydrogens (tertiary/aromatic N) is 1. The van der Waals surface area contributed by atoms with Crippen LogP contribution in [0.25, 0.3) is 0 Å². The van der Waals surface area contributed by atoms with Gasteiger partial charge in [0, 0.05) is 25.7 Å². The Hall–Kier alpha value is -0.0800. The van der Waals surface area contributed by atoms with Crippen molar-refractivity contribution in [2.75, 3.05) is 26.2 Å². The minimum atomic E-state index is 0.427. The van der Waals surface area contributed by atoms with Gasteiger partial charge >= 0.3 is 0 Å². The molecule has 2 heteroatoms. The fraction of sp³-hybridized carbons (Fsp3) is 1.00. The molecule has 0 aromatic rings. The standard InChI is InChI=1S/C16H34N2/c1-7-16(6,11-17-14(4)5)12-18-9-8-15(10-18)13(2)3/h13-15,17H,7-12H2,1-6H3. The Morgan fingerprint density at radius 2 is 1.94 bits per heavy atom. The summed E-state index contributed by atoms with van der Waals surface area (Å²) in [5.74, 6) is 1.76. The lowest BCUT2D eigenvalue weighted by Gasteiger charge is -2.34. The second kappa shape index (κ2) is 6.91. The van der Waals surface area contributed by atoms with Crippen molar-refractivity contribution in [1.82, 2.24) is 10.2 Å². The average molecular weight is 254 g/mol. The summed E-state index contributed by atoms with van der Waals surface area (Å²) < 4.78 is 0. The van der Waals surface area contributed by atoms with Crippen molar-refractivity contribution in [3.63, 3.8) is 0 Å². The summed E-state index contributed by atoms with van der Waals surface area (Å²) in [6.07, 6.45) is 2.66. The van der Waals surface area contributed by atoms with E-state index in [4.69, 9.17) is 0 Å². The molecule has 1 heterocycles. The van der Waals surface area contributed by atoms with Crippen molar-refractivity contribution >= 4 is 0 Å². The van der Waals surface area contributed by atoms with E-state index in [1.807, 2.05) is 0 Å². The van der Waals surface area contributed by atoms with Crippen LogP contribution < -0.4 is 5.32 Å². The van der Waals surface area contributed by atoms with Crippen LogP contribution in [0.5, 0.6) is 0 Å². The summed E-state index contributed by atoms with van der Waals surface area (Å²) in [4.78, 5) is 2.69. The molecule has 0 radical (unpaired) electrons. The molecule has 2 unspecified atom stereocenters. The van der Waals surface area contributed by atoms with Gasteiger partial charge in [0.1, 0.15) is 0 Å². The molecule has 108 valence electrons. The quantitative estimate of drug-likeness (QED) is 0.749. The average Bonchev–Trinajstić information content (AvgIpc) is 2.75. The molecule has 1 aliphatic heterocycles. The second-order valence-electron chi connectivity index (χ2n) is 7.23. The maximum absolute atomic E-state index is 3.62. The first kappa shape index (κ1) is 16.0. The molecule has 2 nitrogen and oxygen atoms in total. The van der Waals surface area contributed by atoms with Crippen LogP contribution in [0.3, 0.4) is 0 Å². The Morgan fingerprint density at radius 1 is 1.28 bits per heavy atom. The highest BCUT2D eigenvalue weighted by atomic mass is 15.2. The maximum atomic E-state index is 3.62. The second-order valence-corrected chi connectivity index (χ2v) is 7.23. The van der Waals surface area contributed by atoms with Crippen molar-refractivity contribution in [2.45, 2.75) is 60.4 Å². The Morgan fingerprint density at radius 3 is 2.39 bits per heavy atom. The molecule has 0 aliphatic carbocycles. The van der Waals surface area contributed by atoms with Gasteiger partial charge < -0.3 is 10.2 Å². The van der Waals surface area contributed by atoms with Gasteiger partial charge in [0.2, 0.25) is 0 Å². The van der Waals surface area contributed by atoms with Gasteiger partial charge in [-0.1, -0.05) is 41.5 Å². The van der Waals surface area contributed by atoms with E-state index in [0.29, 0.717) is 11.5 Å². The van der Waals surface area contributed by atoms with Gasteiger partial charge in [-0.15, -0.1) is 0 Å². The Labute approximate surface area is 115 Å². The fourth-order valence-corrected chi connectivity index (χ4v) is 2.83. The van der Waals surface area contributed by atoms with E-state index in [1.165, 1.54) is 32.5 Å². The van der Waals surface area contributed by atoms with Crippen molar-refractivity contribution in [2.24, 2.45) is 17.3 Å². The molecule has 0 aromatic heterocycles. The highest BCUT2D eigenvalue weighted by Gasteiger charge is 2.30. The molecule has 2 atom stereocenters. The lowest BCUT2D eigenvalue weighted by molar-refractivity contribution is 0.169. The molecular formula is C16H34N2. The van der Waals surface area contributed by atoms with Gasteiger partial charge in [0.25, 0.3) is 0 Å². The van der Waals surface area contributed by atoms with Gasteiger partial charge in [-0.25, -0.2) is 0 Å². The molecule has 0 amide bonds. The van der Waals surface area contributed by atoms with E-state index >= 15 is 0 Å². The van der Waals surface area contributed by atoms with E-state index < -0.39 is 0 Å². The number of likely N-dealkylation sites (tertiary alicyclic amines) is 1. The van der Waals surface area contributed by atoms with Crippen molar-refractivity contribution < 1.29 is 0 Å². The summed E-state index contributed by atoms with van der Waals surface area (Å²) in [6.45, 7) is 19.0. The van der Waals surface area contributed by atoms with Crippen molar-refractivity contribution in [3.05, 3.63) is 0 Å². The maximum Gasteiger partial charge on any atom is 0.00475 e. The van der Waals surface area contributed by atoms with Gasteiger partial charge in [-0.2, -0.15) is 0 Å². The zero-order chi connectivity index (χ0) is 13.8. The zero-order valence-corrected chi connectivity index (χ0v) is 13.4. The van der Waals surface area contributed by atoms with Gasteiger partial charge in [0.05, 0.1) is 0 Å². The number of nitrogens with one attached hydrogen (secondary N) is 1. The third-order valence-electron chi connectivity index (χ3n) is 4.65. The van der Waals surface area contributed by atoms with E-state index in [-0.39, 0.29) is 0 Å². The first-order chi connectivity index (χ1) is 8.36. The number of hydrogen-bond acceptors (Lipinski definition) is 2. The van der Waals surface area contributed by atoms with Crippen LogP contribution in [0.2, 0.25) is 0 Å². The smallest absolute Gasteiger partial charge is 0.00475 e.